The molecule has 0 bridgehead atoms. The van der Waals surface area contributed by atoms with Crippen LogP contribution in [-0.2, 0) is 21.4 Å². The Morgan fingerprint density at radius 3 is 2.81 bits per heavy atom. The summed E-state index contributed by atoms with van der Waals surface area (Å²) in [6.07, 6.45) is -0.397. The third-order valence-electron chi connectivity index (χ3n) is 1.72. The van der Waals surface area contributed by atoms with E-state index < -0.39 is 28.2 Å². The summed E-state index contributed by atoms with van der Waals surface area (Å²) in [7, 11) is -3.53. The Balaban J connectivity index is 2.45. The molecule has 0 saturated carbocycles. The molecule has 90 valence electrons. The fourth-order valence-corrected chi connectivity index (χ4v) is 2.54. The van der Waals surface area contributed by atoms with Crippen molar-refractivity contribution in [3.63, 3.8) is 0 Å². The number of nitrogens with one attached hydrogen (secondary N) is 1. The summed E-state index contributed by atoms with van der Waals surface area (Å²) in [6, 6.07) is 0. The second-order valence-corrected chi connectivity index (χ2v) is 6.13. The number of carboxylic acids is 1. The molecule has 16 heavy (non-hydrogen) atoms. The van der Waals surface area contributed by atoms with Crippen molar-refractivity contribution in [3.05, 3.63) is 16.1 Å². The number of rotatable bonds is 6. The normalized spacial score (nSPS) is 11.6. The smallest absolute Gasteiger partial charge is 0.304 e. The molecule has 1 rings (SSSR count). The van der Waals surface area contributed by atoms with E-state index in [4.69, 9.17) is 5.11 Å². The molecule has 0 unspecified atom stereocenters. The highest BCUT2D eigenvalue weighted by molar-refractivity contribution is 7.89. The molecule has 0 atom stereocenters. The highest BCUT2D eigenvalue weighted by atomic mass is 32.2. The Labute approximate surface area is 97.4 Å². The molecule has 0 amide bonds. The summed E-state index contributed by atoms with van der Waals surface area (Å²) < 4.78 is 24.9. The van der Waals surface area contributed by atoms with Crippen LogP contribution in [0.25, 0.3) is 0 Å². The van der Waals surface area contributed by atoms with Crippen molar-refractivity contribution in [1.29, 1.82) is 0 Å². The van der Waals surface area contributed by atoms with Crippen LogP contribution in [0, 0.1) is 6.92 Å². The second kappa shape index (κ2) is 5.37. The number of thiazole rings is 1. The number of aliphatic carboxylic acids is 1. The Kier molecular flexibility index (Phi) is 4.39. The van der Waals surface area contributed by atoms with Gasteiger partial charge in [0.2, 0.25) is 10.0 Å². The van der Waals surface area contributed by atoms with E-state index in [9.17, 15) is 13.2 Å². The molecular formula is C8H12N2O4S2. The number of carboxylic acid groups (broad SMARTS) is 1. The third-order valence-corrected chi connectivity index (χ3v) is 3.87. The number of sulfonamides is 1. The van der Waals surface area contributed by atoms with Crippen LogP contribution in [0.1, 0.15) is 17.1 Å². The summed E-state index contributed by atoms with van der Waals surface area (Å²) in [6.45, 7) is 1.93. The first kappa shape index (κ1) is 13.1. The van der Waals surface area contributed by atoms with Gasteiger partial charge in [-0.3, -0.25) is 4.79 Å². The summed E-state index contributed by atoms with van der Waals surface area (Å²) in [5.41, 5.74) is 0.640. The van der Waals surface area contributed by atoms with E-state index in [0.29, 0.717) is 5.69 Å². The average Bonchev–Trinajstić information content (AvgIpc) is 2.59. The molecule has 0 saturated heterocycles. The summed E-state index contributed by atoms with van der Waals surface area (Å²) >= 11 is 1.43. The largest absolute Gasteiger partial charge is 0.481 e. The standard InChI is InChI=1S/C8H12N2O4S2/c1-6-10-7(5-15-6)4-9-16(13,14)3-2-8(11)12/h5,9H,2-4H2,1H3,(H,11,12). The van der Waals surface area contributed by atoms with E-state index in [1.54, 1.807) is 5.38 Å². The van der Waals surface area contributed by atoms with Crippen molar-refractivity contribution >= 4 is 27.3 Å². The number of aromatic nitrogens is 1. The van der Waals surface area contributed by atoms with E-state index in [1.165, 1.54) is 11.3 Å². The fourth-order valence-electron chi connectivity index (χ4n) is 0.967. The number of hydrogen-bond donors (Lipinski definition) is 2. The third kappa shape index (κ3) is 4.69. The van der Waals surface area contributed by atoms with Crippen LogP contribution in [-0.4, -0.2) is 30.2 Å². The Morgan fingerprint density at radius 2 is 2.31 bits per heavy atom. The molecule has 0 aliphatic carbocycles. The van der Waals surface area contributed by atoms with Crippen LogP contribution in [0.5, 0.6) is 0 Å². The first-order valence-corrected chi connectivity index (χ1v) is 7.02. The van der Waals surface area contributed by atoms with Gasteiger partial charge in [0, 0.05) is 5.38 Å². The molecule has 1 heterocycles. The maximum atomic E-state index is 11.3. The van der Waals surface area contributed by atoms with Gasteiger partial charge in [-0.1, -0.05) is 0 Å². The molecule has 0 aliphatic heterocycles. The Hall–Kier alpha value is -0.990. The lowest BCUT2D eigenvalue weighted by Crippen LogP contribution is -2.27. The zero-order chi connectivity index (χ0) is 12.2. The van der Waals surface area contributed by atoms with Crippen LogP contribution >= 0.6 is 11.3 Å². The molecule has 2 N–H and O–H groups in total. The molecule has 0 fully saturated rings. The monoisotopic (exact) mass is 264 g/mol. The Morgan fingerprint density at radius 1 is 1.62 bits per heavy atom. The number of carbonyl (C=O) groups is 1. The van der Waals surface area contributed by atoms with Crippen molar-refractivity contribution in [2.24, 2.45) is 0 Å². The van der Waals surface area contributed by atoms with Gasteiger partial charge in [-0.25, -0.2) is 18.1 Å². The predicted molar refractivity (Wildman–Crippen MR) is 59.7 cm³/mol. The van der Waals surface area contributed by atoms with E-state index in [1.807, 2.05) is 6.92 Å². The zero-order valence-electron chi connectivity index (χ0n) is 8.63. The summed E-state index contributed by atoms with van der Waals surface area (Å²) in [5, 5.41) is 11.0. The maximum Gasteiger partial charge on any atom is 0.304 e. The molecule has 1 aromatic heterocycles. The van der Waals surface area contributed by atoms with Gasteiger partial charge in [-0.15, -0.1) is 11.3 Å². The lowest BCUT2D eigenvalue weighted by atomic mass is 10.5. The molecule has 8 heteroatoms. The van der Waals surface area contributed by atoms with Crippen LogP contribution in [0.4, 0.5) is 0 Å². The number of aryl methyl sites for hydroxylation is 1. The lowest BCUT2D eigenvalue weighted by molar-refractivity contribution is -0.136. The van der Waals surface area contributed by atoms with E-state index >= 15 is 0 Å². The minimum Gasteiger partial charge on any atom is -0.481 e. The van der Waals surface area contributed by atoms with Gasteiger partial charge in [0.15, 0.2) is 0 Å². The minimum absolute atomic E-state index is 0.103. The molecule has 0 aromatic carbocycles. The topological polar surface area (TPSA) is 96.4 Å². The van der Waals surface area contributed by atoms with E-state index in [0.717, 1.165) is 5.01 Å². The molecule has 1 aromatic rings. The van der Waals surface area contributed by atoms with Crippen LogP contribution in [0.15, 0.2) is 5.38 Å². The highest BCUT2D eigenvalue weighted by Crippen LogP contribution is 2.07. The lowest BCUT2D eigenvalue weighted by Gasteiger charge is -2.02. The van der Waals surface area contributed by atoms with Gasteiger partial charge < -0.3 is 5.11 Å². The second-order valence-electron chi connectivity index (χ2n) is 3.14. The molecule has 0 aliphatic rings. The van der Waals surface area contributed by atoms with Crippen molar-refractivity contribution < 1.29 is 18.3 Å². The van der Waals surface area contributed by atoms with Gasteiger partial charge in [0.25, 0.3) is 0 Å². The van der Waals surface area contributed by atoms with Crippen molar-refractivity contribution in [2.75, 3.05) is 5.75 Å². The van der Waals surface area contributed by atoms with Crippen LogP contribution in [0.3, 0.4) is 0 Å². The summed E-state index contributed by atoms with van der Waals surface area (Å²) in [5.74, 6) is -1.54. The molecule has 6 nitrogen and oxygen atoms in total. The highest BCUT2D eigenvalue weighted by Gasteiger charge is 2.12. The maximum absolute atomic E-state index is 11.3. The number of nitrogens with zero attached hydrogens (tertiary/aromatic N) is 1. The molecule has 0 spiro atoms. The zero-order valence-corrected chi connectivity index (χ0v) is 10.3. The van der Waals surface area contributed by atoms with Crippen molar-refractivity contribution in [3.8, 4) is 0 Å². The van der Waals surface area contributed by atoms with E-state index in [-0.39, 0.29) is 6.54 Å². The van der Waals surface area contributed by atoms with Gasteiger partial charge >= 0.3 is 5.97 Å². The SMILES string of the molecule is Cc1nc(CNS(=O)(=O)CCC(=O)O)cs1. The van der Waals surface area contributed by atoms with E-state index in [2.05, 4.69) is 9.71 Å². The fraction of sp³-hybridized carbons (Fsp3) is 0.500. The van der Waals surface area contributed by atoms with Crippen LogP contribution in [0.2, 0.25) is 0 Å². The van der Waals surface area contributed by atoms with Gasteiger partial charge in [-0.2, -0.15) is 0 Å². The Bertz CT molecular complexity index is 466. The van der Waals surface area contributed by atoms with Gasteiger partial charge in [0.1, 0.15) is 0 Å². The number of hydrogen-bond acceptors (Lipinski definition) is 5. The minimum atomic E-state index is -3.53. The predicted octanol–water partition coefficient (Wildman–Crippen LogP) is 0.346. The molecule has 0 radical (unpaired) electrons. The van der Waals surface area contributed by atoms with Crippen molar-refractivity contribution in [1.82, 2.24) is 9.71 Å². The quantitative estimate of drug-likeness (QED) is 0.772. The van der Waals surface area contributed by atoms with Crippen molar-refractivity contribution in [2.45, 2.75) is 19.9 Å². The first-order valence-electron chi connectivity index (χ1n) is 4.49. The average molecular weight is 264 g/mol. The van der Waals surface area contributed by atoms with Gasteiger partial charge in [-0.05, 0) is 6.92 Å². The summed E-state index contributed by atoms with van der Waals surface area (Å²) in [4.78, 5) is 14.3. The molecular weight excluding hydrogens is 252 g/mol. The van der Waals surface area contributed by atoms with Crippen LogP contribution < -0.4 is 4.72 Å². The van der Waals surface area contributed by atoms with Gasteiger partial charge in [0.05, 0.1) is 29.4 Å². The first-order chi connectivity index (χ1) is 7.39.